The Morgan fingerprint density at radius 2 is 1.96 bits per heavy atom. The third-order valence-corrected chi connectivity index (χ3v) is 5.49. The third-order valence-electron chi connectivity index (χ3n) is 5.49. The molecule has 1 fully saturated rings. The summed E-state index contributed by atoms with van der Waals surface area (Å²) in [6, 6.07) is 9.00. The van der Waals surface area contributed by atoms with Gasteiger partial charge < -0.3 is 15.3 Å². The van der Waals surface area contributed by atoms with Crippen molar-refractivity contribution in [1.82, 2.24) is 15.1 Å². The molecule has 2 heterocycles. The molecule has 132 valence electrons. The molecule has 2 aliphatic heterocycles. The number of carbonyl (C=O) groups excluding carboxylic acids is 1. The molecule has 0 aromatic heterocycles. The molecule has 3 rings (SSSR count). The molecule has 0 spiro atoms. The Labute approximate surface area is 144 Å². The van der Waals surface area contributed by atoms with E-state index in [1.165, 1.54) is 11.1 Å². The average molecular weight is 331 g/mol. The number of amides is 2. The molecular weight excluding hydrogens is 302 g/mol. The highest BCUT2D eigenvalue weighted by atomic mass is 16.3. The fourth-order valence-corrected chi connectivity index (χ4v) is 3.69. The van der Waals surface area contributed by atoms with Gasteiger partial charge >= 0.3 is 6.03 Å². The third kappa shape index (κ3) is 4.08. The van der Waals surface area contributed by atoms with Crippen molar-refractivity contribution >= 4 is 6.03 Å². The minimum atomic E-state index is 0.0376. The molecule has 24 heavy (non-hydrogen) atoms. The van der Waals surface area contributed by atoms with Crippen LogP contribution in [0.15, 0.2) is 24.3 Å². The summed E-state index contributed by atoms with van der Waals surface area (Å²) in [4.78, 5) is 16.6. The lowest BCUT2D eigenvalue weighted by Crippen LogP contribution is -2.49. The molecular formula is C19H29N3O2. The topological polar surface area (TPSA) is 55.8 Å². The van der Waals surface area contributed by atoms with E-state index in [0.717, 1.165) is 45.4 Å². The van der Waals surface area contributed by atoms with Gasteiger partial charge in [0, 0.05) is 45.4 Å². The molecule has 5 heteroatoms. The Hall–Kier alpha value is -1.59. The first-order valence-corrected chi connectivity index (χ1v) is 9.12. The highest BCUT2D eigenvalue weighted by Gasteiger charge is 2.24. The van der Waals surface area contributed by atoms with Gasteiger partial charge in [0.15, 0.2) is 0 Å². The number of nitrogens with one attached hydrogen (secondary N) is 1. The summed E-state index contributed by atoms with van der Waals surface area (Å²) in [6.45, 7) is 6.63. The van der Waals surface area contributed by atoms with Crippen molar-refractivity contribution in [1.29, 1.82) is 0 Å². The number of hydrogen-bond donors (Lipinski definition) is 2. The normalized spacial score (nSPS) is 20.5. The zero-order chi connectivity index (χ0) is 16.9. The van der Waals surface area contributed by atoms with E-state index in [1.54, 1.807) is 0 Å². The molecule has 5 nitrogen and oxygen atoms in total. The van der Waals surface area contributed by atoms with Crippen LogP contribution in [0.5, 0.6) is 0 Å². The Kier molecular flexibility index (Phi) is 5.74. The second kappa shape index (κ2) is 7.99. The smallest absolute Gasteiger partial charge is 0.317 e. The van der Waals surface area contributed by atoms with E-state index in [4.69, 9.17) is 0 Å². The summed E-state index contributed by atoms with van der Waals surface area (Å²) in [5.74, 6) is 0.362. The maximum absolute atomic E-state index is 12.3. The lowest BCUT2D eigenvalue weighted by Gasteiger charge is -2.35. The molecule has 1 unspecified atom stereocenters. The monoisotopic (exact) mass is 331 g/mol. The predicted molar refractivity (Wildman–Crippen MR) is 94.8 cm³/mol. The van der Waals surface area contributed by atoms with Crippen LogP contribution in [0, 0.1) is 5.92 Å². The van der Waals surface area contributed by atoms with Crippen LogP contribution in [0.1, 0.15) is 30.9 Å². The maximum atomic E-state index is 12.3. The van der Waals surface area contributed by atoms with E-state index >= 15 is 0 Å². The van der Waals surface area contributed by atoms with E-state index in [1.807, 2.05) is 4.90 Å². The van der Waals surface area contributed by atoms with Crippen molar-refractivity contribution in [3.63, 3.8) is 0 Å². The summed E-state index contributed by atoms with van der Waals surface area (Å²) in [7, 11) is 0. The van der Waals surface area contributed by atoms with Crippen LogP contribution in [0.4, 0.5) is 4.79 Å². The molecule has 1 atom stereocenters. The first kappa shape index (κ1) is 17.2. The number of piperidine rings is 1. The second-order valence-electron chi connectivity index (χ2n) is 7.14. The number of rotatable bonds is 4. The van der Waals surface area contributed by atoms with Gasteiger partial charge in [-0.15, -0.1) is 0 Å². The lowest BCUT2D eigenvalue weighted by atomic mass is 9.98. The number of urea groups is 1. The van der Waals surface area contributed by atoms with Crippen molar-refractivity contribution < 1.29 is 9.90 Å². The Morgan fingerprint density at radius 1 is 1.25 bits per heavy atom. The Bertz CT molecular complexity index is 555. The van der Waals surface area contributed by atoms with Crippen molar-refractivity contribution in [3.05, 3.63) is 35.4 Å². The van der Waals surface area contributed by atoms with Crippen LogP contribution < -0.4 is 5.32 Å². The highest BCUT2D eigenvalue weighted by molar-refractivity contribution is 5.74. The number of aliphatic hydroxyl groups excluding tert-OH is 1. The van der Waals surface area contributed by atoms with Crippen molar-refractivity contribution in [3.8, 4) is 0 Å². The van der Waals surface area contributed by atoms with Gasteiger partial charge in [0.2, 0.25) is 0 Å². The fourth-order valence-electron chi connectivity index (χ4n) is 3.69. The quantitative estimate of drug-likeness (QED) is 0.885. The molecule has 2 amide bonds. The van der Waals surface area contributed by atoms with Gasteiger partial charge in [-0.2, -0.15) is 0 Å². The number of hydrogen-bond acceptors (Lipinski definition) is 3. The van der Waals surface area contributed by atoms with Crippen molar-refractivity contribution in [2.75, 3.05) is 32.8 Å². The largest absolute Gasteiger partial charge is 0.396 e. The summed E-state index contributed by atoms with van der Waals surface area (Å²) in [5.41, 5.74) is 2.87. The van der Waals surface area contributed by atoms with E-state index in [9.17, 15) is 9.90 Å². The van der Waals surface area contributed by atoms with E-state index in [0.29, 0.717) is 18.5 Å². The van der Waals surface area contributed by atoms with Gasteiger partial charge in [0.25, 0.3) is 0 Å². The molecule has 0 bridgehead atoms. The molecule has 2 N–H and O–H groups in total. The maximum Gasteiger partial charge on any atom is 0.317 e. The van der Waals surface area contributed by atoms with Gasteiger partial charge in [-0.1, -0.05) is 24.3 Å². The van der Waals surface area contributed by atoms with Crippen LogP contribution in [-0.2, 0) is 13.0 Å². The molecule has 1 saturated heterocycles. The number of likely N-dealkylation sites (tertiary alicyclic amines) is 1. The van der Waals surface area contributed by atoms with Crippen molar-refractivity contribution in [2.45, 2.75) is 38.8 Å². The number of aliphatic hydroxyl groups is 1. The first-order chi connectivity index (χ1) is 11.7. The van der Waals surface area contributed by atoms with Crippen LogP contribution in [0.3, 0.4) is 0 Å². The molecule has 1 aromatic carbocycles. The minimum absolute atomic E-state index is 0.0376. The minimum Gasteiger partial charge on any atom is -0.396 e. The zero-order valence-electron chi connectivity index (χ0n) is 14.6. The van der Waals surface area contributed by atoms with Crippen molar-refractivity contribution in [2.24, 2.45) is 5.92 Å². The first-order valence-electron chi connectivity index (χ1n) is 9.12. The standard InChI is InChI=1S/C19H29N3O2/c1-15(22-11-8-17-4-2-3-5-18(17)13-22)12-20-19(24)21-9-6-16(14-23)7-10-21/h2-5,15-16,23H,6-14H2,1H3,(H,20,24). The number of benzene rings is 1. The second-order valence-corrected chi connectivity index (χ2v) is 7.14. The van der Waals surface area contributed by atoms with Gasteiger partial charge in [-0.3, -0.25) is 4.90 Å². The van der Waals surface area contributed by atoms with Gasteiger partial charge in [0.1, 0.15) is 0 Å². The number of carbonyl (C=O) groups is 1. The fraction of sp³-hybridized carbons (Fsp3) is 0.632. The number of nitrogens with zero attached hydrogens (tertiary/aromatic N) is 2. The predicted octanol–water partition coefficient (Wildman–Crippen LogP) is 1.85. The SMILES string of the molecule is CC(CNC(=O)N1CCC(CO)CC1)N1CCc2ccccc2C1. The molecule has 2 aliphatic rings. The van der Waals surface area contributed by atoms with Gasteiger partial charge in [-0.25, -0.2) is 4.79 Å². The summed E-state index contributed by atoms with van der Waals surface area (Å²) in [6.07, 6.45) is 2.90. The number of fused-ring (bicyclic) bond motifs is 1. The molecule has 0 radical (unpaired) electrons. The summed E-state index contributed by atoms with van der Waals surface area (Å²) < 4.78 is 0. The van der Waals surface area contributed by atoms with Crippen LogP contribution >= 0.6 is 0 Å². The molecule has 1 aromatic rings. The Morgan fingerprint density at radius 3 is 2.67 bits per heavy atom. The van der Waals surface area contributed by atoms with E-state index in [-0.39, 0.29) is 12.6 Å². The highest BCUT2D eigenvalue weighted by Crippen LogP contribution is 2.20. The summed E-state index contributed by atoms with van der Waals surface area (Å²) >= 11 is 0. The lowest BCUT2D eigenvalue weighted by molar-refractivity contribution is 0.133. The van der Waals surface area contributed by atoms with Gasteiger partial charge in [0.05, 0.1) is 0 Å². The van der Waals surface area contributed by atoms with Crippen LogP contribution in [0.2, 0.25) is 0 Å². The van der Waals surface area contributed by atoms with Crippen LogP contribution in [-0.4, -0.2) is 59.8 Å². The Balaban J connectivity index is 1.44. The van der Waals surface area contributed by atoms with Crippen LogP contribution in [0.25, 0.3) is 0 Å². The zero-order valence-corrected chi connectivity index (χ0v) is 14.6. The average Bonchev–Trinajstić information content (AvgIpc) is 2.65. The molecule has 0 saturated carbocycles. The summed E-state index contributed by atoms with van der Waals surface area (Å²) in [5, 5.41) is 12.3. The van der Waals surface area contributed by atoms with E-state index in [2.05, 4.69) is 41.4 Å². The van der Waals surface area contributed by atoms with E-state index < -0.39 is 0 Å². The van der Waals surface area contributed by atoms with Gasteiger partial charge in [-0.05, 0) is 43.2 Å². The molecule has 0 aliphatic carbocycles.